The van der Waals surface area contributed by atoms with Crippen molar-refractivity contribution in [3.8, 4) is 22.8 Å². The van der Waals surface area contributed by atoms with Gasteiger partial charge >= 0.3 is 0 Å². The average molecular weight is 411 g/mol. The van der Waals surface area contributed by atoms with Crippen LogP contribution in [0, 0.1) is 5.82 Å². The van der Waals surface area contributed by atoms with Crippen molar-refractivity contribution in [1.29, 1.82) is 0 Å². The molecule has 1 aromatic heterocycles. The zero-order chi connectivity index (χ0) is 21.3. The molecule has 1 N–H and O–H groups in total. The van der Waals surface area contributed by atoms with Crippen LogP contribution in [0.25, 0.3) is 11.3 Å². The summed E-state index contributed by atoms with van der Waals surface area (Å²) in [7, 11) is 0. The second-order valence-electron chi connectivity index (χ2n) is 6.35. The van der Waals surface area contributed by atoms with Crippen molar-refractivity contribution >= 4 is 5.91 Å². The Balaban J connectivity index is 1.50. The van der Waals surface area contributed by atoms with Crippen molar-refractivity contribution in [2.75, 3.05) is 19.8 Å². The number of aromatic nitrogens is 2. The summed E-state index contributed by atoms with van der Waals surface area (Å²) in [6, 6.07) is 14.3. The Kier molecular flexibility index (Phi) is 7.15. The smallest absolute Gasteiger partial charge is 0.254 e. The topological polar surface area (TPSA) is 82.5 Å². The third-order valence-corrected chi connectivity index (χ3v) is 4.16. The van der Waals surface area contributed by atoms with E-state index in [2.05, 4.69) is 10.3 Å². The maximum Gasteiger partial charge on any atom is 0.254 e. The van der Waals surface area contributed by atoms with Crippen LogP contribution in [0.2, 0.25) is 0 Å². The Morgan fingerprint density at radius 3 is 2.40 bits per heavy atom. The normalized spacial score (nSPS) is 10.5. The van der Waals surface area contributed by atoms with Crippen molar-refractivity contribution in [2.45, 2.75) is 13.5 Å². The van der Waals surface area contributed by atoms with Crippen molar-refractivity contribution in [1.82, 2.24) is 14.9 Å². The molecule has 0 unspecified atom stereocenters. The summed E-state index contributed by atoms with van der Waals surface area (Å²) < 4.78 is 24.9. The van der Waals surface area contributed by atoms with Gasteiger partial charge in [-0.25, -0.2) is 9.37 Å². The van der Waals surface area contributed by atoms with Crippen LogP contribution in [-0.2, 0) is 11.3 Å². The van der Waals surface area contributed by atoms with Crippen molar-refractivity contribution in [3.05, 3.63) is 77.1 Å². The highest BCUT2D eigenvalue weighted by molar-refractivity contribution is 5.75. The maximum absolute atomic E-state index is 12.8. The first kappa shape index (κ1) is 21.0. The third-order valence-electron chi connectivity index (χ3n) is 4.16. The molecule has 0 aliphatic rings. The molecule has 0 aliphatic carbocycles. The molecule has 0 bridgehead atoms. The Labute approximate surface area is 173 Å². The van der Waals surface area contributed by atoms with E-state index >= 15 is 0 Å². The summed E-state index contributed by atoms with van der Waals surface area (Å²) in [5.74, 6) is 0.573. The highest BCUT2D eigenvalue weighted by atomic mass is 19.1. The summed E-state index contributed by atoms with van der Waals surface area (Å²) in [6.45, 7) is 2.81. The summed E-state index contributed by atoms with van der Waals surface area (Å²) in [6.07, 6.45) is 1.35. The largest absolute Gasteiger partial charge is 0.494 e. The van der Waals surface area contributed by atoms with Gasteiger partial charge in [0.1, 0.15) is 30.5 Å². The van der Waals surface area contributed by atoms with E-state index in [1.54, 1.807) is 0 Å². The van der Waals surface area contributed by atoms with E-state index in [9.17, 15) is 14.0 Å². The van der Waals surface area contributed by atoms with Gasteiger partial charge in [-0.05, 0) is 55.5 Å². The first-order valence-electron chi connectivity index (χ1n) is 9.50. The van der Waals surface area contributed by atoms with Crippen molar-refractivity contribution in [2.24, 2.45) is 0 Å². The molecule has 0 spiro atoms. The number of nitrogens with zero attached hydrogens (tertiary/aromatic N) is 2. The van der Waals surface area contributed by atoms with Crippen LogP contribution < -0.4 is 20.3 Å². The molecule has 0 radical (unpaired) electrons. The fourth-order valence-corrected chi connectivity index (χ4v) is 2.69. The fraction of sp³-hybridized carbons (Fsp3) is 0.227. The monoisotopic (exact) mass is 411 g/mol. The maximum atomic E-state index is 12.8. The molecular formula is C22H22FN3O4. The molecule has 1 amide bonds. The van der Waals surface area contributed by atoms with Crippen LogP contribution in [0.15, 0.2) is 65.7 Å². The minimum atomic E-state index is -0.344. The molecule has 3 aromatic rings. The van der Waals surface area contributed by atoms with E-state index in [0.717, 1.165) is 11.3 Å². The SMILES string of the molecule is CCOc1ccc(-c2cc(=O)n(CC(=O)NCCOc3ccc(F)cc3)cn2)cc1. The van der Waals surface area contributed by atoms with Gasteiger partial charge in [-0.2, -0.15) is 0 Å². The lowest BCUT2D eigenvalue weighted by molar-refractivity contribution is -0.121. The minimum Gasteiger partial charge on any atom is -0.494 e. The van der Waals surface area contributed by atoms with Crippen LogP contribution in [-0.4, -0.2) is 35.2 Å². The van der Waals surface area contributed by atoms with Gasteiger partial charge < -0.3 is 14.8 Å². The summed E-state index contributed by atoms with van der Waals surface area (Å²) in [5, 5.41) is 2.67. The summed E-state index contributed by atoms with van der Waals surface area (Å²) in [5.41, 5.74) is 0.976. The molecule has 0 saturated heterocycles. The first-order chi connectivity index (χ1) is 14.5. The average Bonchev–Trinajstić information content (AvgIpc) is 2.75. The van der Waals surface area contributed by atoms with Crippen molar-refractivity contribution < 1.29 is 18.7 Å². The molecule has 30 heavy (non-hydrogen) atoms. The Morgan fingerprint density at radius 1 is 1.07 bits per heavy atom. The number of ether oxygens (including phenoxy) is 2. The molecule has 0 saturated carbocycles. The van der Waals surface area contributed by atoms with Crippen molar-refractivity contribution in [3.63, 3.8) is 0 Å². The molecule has 0 aliphatic heterocycles. The van der Waals surface area contributed by atoms with Gasteiger partial charge in [0, 0.05) is 11.6 Å². The molecule has 7 nitrogen and oxygen atoms in total. The lowest BCUT2D eigenvalue weighted by Gasteiger charge is -2.09. The molecule has 1 heterocycles. The fourth-order valence-electron chi connectivity index (χ4n) is 2.69. The zero-order valence-electron chi connectivity index (χ0n) is 16.5. The number of rotatable bonds is 9. The van der Waals surface area contributed by atoms with Crippen LogP contribution in [0.4, 0.5) is 4.39 Å². The van der Waals surface area contributed by atoms with Gasteiger partial charge in [0.25, 0.3) is 5.56 Å². The Bertz CT molecular complexity index is 1030. The van der Waals surface area contributed by atoms with Gasteiger partial charge in [0.15, 0.2) is 0 Å². The Hall–Kier alpha value is -3.68. The molecule has 0 fully saturated rings. The van der Waals surface area contributed by atoms with Crippen LogP contribution in [0.1, 0.15) is 6.92 Å². The van der Waals surface area contributed by atoms with E-state index in [1.165, 1.54) is 41.2 Å². The van der Waals surface area contributed by atoms with E-state index in [1.807, 2.05) is 31.2 Å². The molecule has 156 valence electrons. The van der Waals surface area contributed by atoms with E-state index in [0.29, 0.717) is 18.1 Å². The van der Waals surface area contributed by atoms with Gasteiger partial charge in [0.05, 0.1) is 25.2 Å². The third kappa shape index (κ3) is 5.91. The lowest BCUT2D eigenvalue weighted by atomic mass is 10.1. The van der Waals surface area contributed by atoms with Gasteiger partial charge in [0.2, 0.25) is 5.91 Å². The van der Waals surface area contributed by atoms with Crippen LogP contribution in [0.5, 0.6) is 11.5 Å². The minimum absolute atomic E-state index is 0.147. The number of carbonyl (C=O) groups excluding carboxylic acids is 1. The van der Waals surface area contributed by atoms with Gasteiger partial charge in [-0.3, -0.25) is 14.2 Å². The summed E-state index contributed by atoms with van der Waals surface area (Å²) in [4.78, 5) is 28.6. The second kappa shape index (κ2) is 10.2. The van der Waals surface area contributed by atoms with Crippen LogP contribution >= 0.6 is 0 Å². The number of hydrogen-bond acceptors (Lipinski definition) is 5. The molecule has 2 aromatic carbocycles. The second-order valence-corrected chi connectivity index (χ2v) is 6.35. The quantitative estimate of drug-likeness (QED) is 0.548. The number of halogens is 1. The molecule has 3 rings (SSSR count). The lowest BCUT2D eigenvalue weighted by Crippen LogP contribution is -2.34. The number of amides is 1. The Morgan fingerprint density at radius 2 is 1.73 bits per heavy atom. The van der Waals surface area contributed by atoms with Gasteiger partial charge in [-0.1, -0.05) is 0 Å². The predicted octanol–water partition coefficient (Wildman–Crippen LogP) is 2.64. The number of hydrogen-bond donors (Lipinski definition) is 1. The highest BCUT2D eigenvalue weighted by Gasteiger charge is 2.07. The molecule has 0 atom stereocenters. The van der Waals surface area contributed by atoms with E-state index < -0.39 is 0 Å². The first-order valence-corrected chi connectivity index (χ1v) is 9.50. The van der Waals surface area contributed by atoms with Gasteiger partial charge in [-0.15, -0.1) is 0 Å². The zero-order valence-corrected chi connectivity index (χ0v) is 16.5. The van der Waals surface area contributed by atoms with E-state index in [4.69, 9.17) is 9.47 Å². The van der Waals surface area contributed by atoms with E-state index in [-0.39, 0.29) is 37.0 Å². The highest BCUT2D eigenvalue weighted by Crippen LogP contribution is 2.19. The number of carbonyl (C=O) groups is 1. The number of benzene rings is 2. The number of nitrogens with one attached hydrogen (secondary N) is 1. The standard InChI is InChI=1S/C22H22FN3O4/c1-2-29-18-7-3-16(4-8-18)20-13-22(28)26(15-25-20)14-21(27)24-11-12-30-19-9-5-17(23)6-10-19/h3-10,13,15H,2,11-12,14H2,1H3,(H,24,27). The molecule has 8 heteroatoms. The summed E-state index contributed by atoms with van der Waals surface area (Å²) >= 11 is 0. The van der Waals surface area contributed by atoms with Crippen LogP contribution in [0.3, 0.4) is 0 Å². The molecular weight excluding hydrogens is 389 g/mol. The predicted molar refractivity (Wildman–Crippen MR) is 110 cm³/mol.